The number of aromatic nitrogens is 1. The maximum absolute atomic E-state index is 2.54. The van der Waals surface area contributed by atoms with Crippen molar-refractivity contribution in [2.75, 3.05) is 4.90 Å². The lowest BCUT2D eigenvalue weighted by atomic mass is 9.36. The SMILES string of the molecule is Cc1c(C)n2c3c(cc4ccccc4c13)B1c3sc4ccccc4c3N(c3ccccc3)c3cccc-2c31. The van der Waals surface area contributed by atoms with Crippen LogP contribution in [-0.2, 0) is 0 Å². The molecule has 178 valence electrons. The van der Waals surface area contributed by atoms with Crippen LogP contribution in [0.2, 0.25) is 0 Å². The van der Waals surface area contributed by atoms with Crippen molar-refractivity contribution in [1.82, 2.24) is 4.57 Å². The van der Waals surface area contributed by atoms with Gasteiger partial charge in [-0.1, -0.05) is 72.8 Å². The van der Waals surface area contributed by atoms with Crippen molar-refractivity contribution in [3.63, 3.8) is 0 Å². The minimum Gasteiger partial charge on any atom is -0.315 e. The second kappa shape index (κ2) is 7.18. The van der Waals surface area contributed by atoms with Crippen molar-refractivity contribution in [3.8, 4) is 5.69 Å². The van der Waals surface area contributed by atoms with E-state index < -0.39 is 0 Å². The highest BCUT2D eigenvalue weighted by atomic mass is 32.1. The lowest BCUT2D eigenvalue weighted by Crippen LogP contribution is -2.59. The van der Waals surface area contributed by atoms with Gasteiger partial charge in [0.25, 0.3) is 6.71 Å². The van der Waals surface area contributed by atoms with Crippen molar-refractivity contribution in [3.05, 3.63) is 114 Å². The molecule has 7 aromatic rings. The van der Waals surface area contributed by atoms with E-state index in [4.69, 9.17) is 0 Å². The number of rotatable bonds is 1. The fraction of sp³-hybridized carbons (Fsp3) is 0.0588. The molecule has 5 aromatic carbocycles. The highest BCUT2D eigenvalue weighted by Gasteiger charge is 2.44. The largest absolute Gasteiger partial charge is 0.315 e. The molecule has 4 heteroatoms. The predicted octanol–water partition coefficient (Wildman–Crippen LogP) is 7.23. The van der Waals surface area contributed by atoms with Crippen LogP contribution in [0.15, 0.2) is 103 Å². The number of hydrogen-bond acceptors (Lipinski definition) is 2. The number of para-hydroxylation sites is 1. The monoisotopic (exact) mass is 502 g/mol. The first kappa shape index (κ1) is 20.7. The molecule has 2 aliphatic heterocycles. The van der Waals surface area contributed by atoms with E-state index in [2.05, 4.69) is 126 Å². The molecule has 0 amide bonds. The molecule has 0 atom stereocenters. The molecule has 0 radical (unpaired) electrons. The Bertz CT molecular complexity index is 2120. The highest BCUT2D eigenvalue weighted by molar-refractivity contribution is 7.33. The van der Waals surface area contributed by atoms with Gasteiger partial charge in [0.1, 0.15) is 0 Å². The Morgan fingerprint density at radius 1 is 0.711 bits per heavy atom. The molecular formula is C34H23BN2S. The van der Waals surface area contributed by atoms with Gasteiger partial charge in [-0.15, -0.1) is 11.3 Å². The Morgan fingerprint density at radius 3 is 2.32 bits per heavy atom. The first-order valence-electron chi connectivity index (χ1n) is 13.3. The van der Waals surface area contributed by atoms with Gasteiger partial charge in [-0.25, -0.2) is 0 Å². The van der Waals surface area contributed by atoms with Crippen LogP contribution in [-0.4, -0.2) is 11.3 Å². The smallest absolute Gasteiger partial charge is 0.264 e. The third-order valence-corrected chi connectivity index (χ3v) is 9.99. The van der Waals surface area contributed by atoms with Crippen molar-refractivity contribution in [1.29, 1.82) is 0 Å². The van der Waals surface area contributed by atoms with E-state index in [-0.39, 0.29) is 6.71 Å². The molecule has 0 fully saturated rings. The van der Waals surface area contributed by atoms with Crippen LogP contribution in [0.3, 0.4) is 0 Å². The van der Waals surface area contributed by atoms with Crippen molar-refractivity contribution in [2.45, 2.75) is 13.8 Å². The Morgan fingerprint density at radius 2 is 1.45 bits per heavy atom. The number of thiophene rings is 1. The van der Waals surface area contributed by atoms with E-state index in [0.29, 0.717) is 0 Å². The van der Waals surface area contributed by atoms with Gasteiger partial charge in [0.2, 0.25) is 0 Å². The van der Waals surface area contributed by atoms with E-state index in [1.165, 1.54) is 81.5 Å². The summed E-state index contributed by atoms with van der Waals surface area (Å²) in [6.07, 6.45) is 0. The van der Waals surface area contributed by atoms with Gasteiger partial charge in [-0.3, -0.25) is 0 Å². The zero-order chi connectivity index (χ0) is 25.1. The molecular weight excluding hydrogens is 479 g/mol. The maximum Gasteiger partial charge on any atom is 0.264 e. The molecule has 0 bridgehead atoms. The number of fused-ring (bicyclic) bond motifs is 8. The van der Waals surface area contributed by atoms with E-state index in [9.17, 15) is 0 Å². The number of aryl methyl sites for hydroxylation is 1. The van der Waals surface area contributed by atoms with E-state index >= 15 is 0 Å². The molecule has 9 rings (SSSR count). The van der Waals surface area contributed by atoms with Gasteiger partial charge >= 0.3 is 0 Å². The fourth-order valence-electron chi connectivity index (χ4n) is 7.11. The average molecular weight is 502 g/mol. The predicted molar refractivity (Wildman–Crippen MR) is 165 cm³/mol. The van der Waals surface area contributed by atoms with Gasteiger partial charge in [-0.05, 0) is 71.4 Å². The van der Waals surface area contributed by atoms with Crippen LogP contribution in [0, 0.1) is 13.8 Å². The average Bonchev–Trinajstić information content (AvgIpc) is 3.47. The van der Waals surface area contributed by atoms with E-state index in [1.54, 1.807) is 0 Å². The normalized spacial score (nSPS) is 13.4. The van der Waals surface area contributed by atoms with Crippen LogP contribution in [0.5, 0.6) is 0 Å². The van der Waals surface area contributed by atoms with Crippen LogP contribution >= 0.6 is 11.3 Å². The van der Waals surface area contributed by atoms with Gasteiger partial charge in [-0.2, -0.15) is 0 Å². The molecule has 0 saturated heterocycles. The lowest BCUT2D eigenvalue weighted by Gasteiger charge is -2.39. The summed E-state index contributed by atoms with van der Waals surface area (Å²) in [6, 6.07) is 38.1. The summed E-state index contributed by atoms with van der Waals surface area (Å²) in [7, 11) is 0. The third-order valence-electron chi connectivity index (χ3n) is 8.77. The summed E-state index contributed by atoms with van der Waals surface area (Å²) < 4.78 is 5.33. The number of hydrogen-bond donors (Lipinski definition) is 0. The molecule has 2 nitrogen and oxygen atoms in total. The van der Waals surface area contributed by atoms with E-state index in [0.717, 1.165) is 0 Å². The van der Waals surface area contributed by atoms with Gasteiger partial charge in [0, 0.05) is 48.5 Å². The molecule has 2 aromatic heterocycles. The Hall–Kier alpha value is -4.28. The summed E-state index contributed by atoms with van der Waals surface area (Å²) >= 11 is 1.96. The number of nitrogens with zero attached hydrogens (tertiary/aromatic N) is 2. The third kappa shape index (κ3) is 2.40. The van der Waals surface area contributed by atoms with Crippen molar-refractivity contribution >= 4 is 82.6 Å². The molecule has 2 aliphatic rings. The molecule has 0 spiro atoms. The van der Waals surface area contributed by atoms with Gasteiger partial charge in [0.05, 0.1) is 5.69 Å². The maximum atomic E-state index is 2.54. The Labute approximate surface area is 225 Å². The minimum absolute atomic E-state index is 0.196. The summed E-state index contributed by atoms with van der Waals surface area (Å²) in [5, 5.41) is 5.41. The van der Waals surface area contributed by atoms with Gasteiger partial charge in [0.15, 0.2) is 0 Å². The number of benzene rings is 5. The standard InChI is InChI=1S/C34H23BN2S/c1-20-21(2)36-27-16-10-17-28-31(27)35(26-19-22-11-6-7-14-24(22)30(20)33(26)36)34-32(25-15-8-9-18-29(25)38-34)37(28)23-12-4-3-5-13-23/h3-19H,1-2H3. The summed E-state index contributed by atoms with van der Waals surface area (Å²) in [5.74, 6) is 0. The second-order valence-corrected chi connectivity index (χ2v) is 11.7. The molecule has 4 heterocycles. The molecule has 0 unspecified atom stereocenters. The zero-order valence-electron chi connectivity index (χ0n) is 21.2. The van der Waals surface area contributed by atoms with Crippen molar-refractivity contribution < 1.29 is 0 Å². The van der Waals surface area contributed by atoms with Crippen LogP contribution in [0.1, 0.15) is 11.3 Å². The quantitative estimate of drug-likeness (QED) is 0.215. The number of anilines is 3. The fourth-order valence-corrected chi connectivity index (χ4v) is 8.43. The van der Waals surface area contributed by atoms with Crippen LogP contribution in [0.4, 0.5) is 17.1 Å². The molecule has 0 saturated carbocycles. The van der Waals surface area contributed by atoms with Crippen LogP contribution in [0.25, 0.3) is 37.4 Å². The van der Waals surface area contributed by atoms with Crippen LogP contribution < -0.4 is 20.6 Å². The zero-order valence-corrected chi connectivity index (χ0v) is 22.0. The molecule has 0 aliphatic carbocycles. The molecule has 38 heavy (non-hydrogen) atoms. The second-order valence-electron chi connectivity index (χ2n) is 10.6. The first-order valence-corrected chi connectivity index (χ1v) is 14.1. The van der Waals surface area contributed by atoms with Gasteiger partial charge < -0.3 is 9.47 Å². The topological polar surface area (TPSA) is 8.17 Å². The Balaban J connectivity index is 1.51. The summed E-state index contributed by atoms with van der Waals surface area (Å²) in [4.78, 5) is 2.51. The molecule has 0 N–H and O–H groups in total. The first-order chi connectivity index (χ1) is 18.7. The minimum atomic E-state index is 0.196. The summed E-state index contributed by atoms with van der Waals surface area (Å²) in [6.45, 7) is 4.78. The lowest BCUT2D eigenvalue weighted by molar-refractivity contribution is 1.04. The van der Waals surface area contributed by atoms with E-state index in [1.807, 2.05) is 11.3 Å². The van der Waals surface area contributed by atoms with Crippen molar-refractivity contribution in [2.24, 2.45) is 0 Å². The summed E-state index contributed by atoms with van der Waals surface area (Å²) in [5.41, 5.74) is 12.1. The highest BCUT2D eigenvalue weighted by Crippen LogP contribution is 2.45. The Kier molecular flexibility index (Phi) is 3.92.